The van der Waals surface area contributed by atoms with Crippen LogP contribution in [0.3, 0.4) is 0 Å². The first-order chi connectivity index (χ1) is 26.0. The summed E-state index contributed by atoms with van der Waals surface area (Å²) in [4.78, 5) is 0. The van der Waals surface area contributed by atoms with Gasteiger partial charge in [0.15, 0.2) is 0 Å². The van der Waals surface area contributed by atoms with Gasteiger partial charge in [-0.3, -0.25) is 0 Å². The molecule has 0 fully saturated rings. The van der Waals surface area contributed by atoms with Gasteiger partial charge in [0.25, 0.3) is 0 Å². The molecule has 0 heterocycles. The van der Waals surface area contributed by atoms with Crippen LogP contribution in [0, 0.1) is 0 Å². The summed E-state index contributed by atoms with van der Waals surface area (Å²) in [5.41, 5.74) is 16.6. The van der Waals surface area contributed by atoms with Gasteiger partial charge in [0, 0.05) is 0 Å². The van der Waals surface area contributed by atoms with E-state index >= 15 is 0 Å². The van der Waals surface area contributed by atoms with Crippen molar-refractivity contribution in [1.82, 2.24) is 0 Å². The topological polar surface area (TPSA) is 0 Å². The molecule has 2 aliphatic carbocycles. The Hall–Kier alpha value is -4.16. The first kappa shape index (κ1) is 36.8. The average molecular weight is 801 g/mol. The molecule has 0 bridgehead atoms. The van der Waals surface area contributed by atoms with Crippen molar-refractivity contribution >= 4 is 14.8 Å². The molecule has 8 rings (SSSR count). The molecule has 0 saturated carbocycles. The van der Waals surface area contributed by atoms with Crippen LogP contribution in [0.5, 0.6) is 0 Å². The van der Waals surface area contributed by atoms with E-state index < -0.39 is 21.3 Å². The van der Waals surface area contributed by atoms with Crippen molar-refractivity contribution in [2.24, 2.45) is 0 Å². The average Bonchev–Trinajstić information content (AvgIpc) is 3.81. The van der Waals surface area contributed by atoms with Crippen molar-refractivity contribution in [2.45, 2.75) is 68.8 Å². The second kappa shape index (κ2) is 14.8. The van der Waals surface area contributed by atoms with E-state index in [1.807, 2.05) is 0 Å². The molecule has 6 aromatic rings. The summed E-state index contributed by atoms with van der Waals surface area (Å²) in [5.74, 6) is 0. The zero-order valence-corrected chi connectivity index (χ0v) is 35.6. The van der Waals surface area contributed by atoms with Crippen molar-refractivity contribution in [3.63, 3.8) is 0 Å². The molecule has 54 heavy (non-hydrogen) atoms. The van der Waals surface area contributed by atoms with Gasteiger partial charge in [0.05, 0.1) is 0 Å². The van der Waals surface area contributed by atoms with Gasteiger partial charge in [0.1, 0.15) is 0 Å². The third kappa shape index (κ3) is 7.19. The summed E-state index contributed by atoms with van der Waals surface area (Å²) in [6, 6.07) is 52.5. The van der Waals surface area contributed by atoms with E-state index in [0.29, 0.717) is 3.63 Å². The molecule has 0 unspecified atom stereocenters. The summed E-state index contributed by atoms with van der Waals surface area (Å²) >= 11 is 3.68. The summed E-state index contributed by atoms with van der Waals surface area (Å²) in [5, 5.41) is 0.783. The Bertz CT molecular complexity index is 2310. The number of halogens is 1. The predicted octanol–water partition coefficient (Wildman–Crippen LogP) is 14.3. The van der Waals surface area contributed by atoms with Crippen LogP contribution < -0.4 is 0 Å². The van der Waals surface area contributed by atoms with Gasteiger partial charge < -0.3 is 0 Å². The van der Waals surface area contributed by atoms with Gasteiger partial charge in [-0.2, -0.15) is 0 Å². The van der Waals surface area contributed by atoms with E-state index in [4.69, 9.17) is 11.6 Å². The van der Waals surface area contributed by atoms with E-state index in [9.17, 15) is 0 Å². The van der Waals surface area contributed by atoms with E-state index in [0.717, 1.165) is 17.9 Å². The van der Waals surface area contributed by atoms with Gasteiger partial charge in [-0.1, -0.05) is 0 Å². The first-order valence-electron chi connectivity index (χ1n) is 19.3. The summed E-state index contributed by atoms with van der Waals surface area (Å²) in [7, 11) is 0. The van der Waals surface area contributed by atoms with Gasteiger partial charge in [-0.15, -0.1) is 0 Å². The maximum atomic E-state index is 6.58. The summed E-state index contributed by atoms with van der Waals surface area (Å²) in [6.45, 7) is 14.2. The maximum absolute atomic E-state index is 6.58. The number of hydrogen-bond donors (Lipinski definition) is 0. The quantitative estimate of drug-likeness (QED) is 0.151. The van der Waals surface area contributed by atoms with Crippen molar-refractivity contribution in [2.75, 3.05) is 0 Å². The molecule has 0 nitrogen and oxygen atoms in total. The van der Waals surface area contributed by atoms with Gasteiger partial charge in [0.2, 0.25) is 0 Å². The molecule has 0 aliphatic heterocycles. The molecule has 268 valence electrons. The number of hydrogen-bond acceptors (Lipinski definition) is 0. The van der Waals surface area contributed by atoms with Crippen LogP contribution in [-0.4, -0.2) is 3.21 Å². The van der Waals surface area contributed by atoms with E-state index in [1.54, 1.807) is 6.49 Å². The van der Waals surface area contributed by atoms with Gasteiger partial charge in [-0.25, -0.2) is 0 Å². The zero-order valence-electron chi connectivity index (χ0n) is 32.4. The van der Waals surface area contributed by atoms with E-state index in [2.05, 4.69) is 199 Å². The number of rotatable bonds is 7. The Labute approximate surface area is 335 Å². The van der Waals surface area contributed by atoms with Crippen molar-refractivity contribution in [3.05, 3.63) is 199 Å². The standard InChI is InChI=1S/C33H33.C14H11Cl.C5H5.Zr/c1-32(2,3)30-20-26-24(18-28(30)22-13-9-7-10-14-22)17-25-19-29(23-15-11-8-12-16-23)31(21-27(25)26)33(4,5)6;15-14-10-8-13(9-11-14)7-6-12-4-2-1-3-5-12;1-2-4-5-3-1;/h7-21H,1-6H3;1-5,8-11H,6H2;1-3H,4H2;. The third-order valence-corrected chi connectivity index (χ3v) is 19.8. The molecule has 2 heteroatoms. The zero-order chi connectivity index (χ0) is 37.6. The van der Waals surface area contributed by atoms with Crippen LogP contribution in [0.15, 0.2) is 161 Å². The molecule has 0 aromatic heterocycles. The SMILES string of the molecule is CC(C)(C)c1cc2c(cc1-c1ccccc1)[CH]([Zr]([C]1=CC=CC1)=[C](Cc1ccccc1)c1ccc(Cl)cc1)c1cc(-c3ccccc3)c(C(C)(C)C)cc1-2. The Kier molecular flexibility index (Phi) is 10.1. The summed E-state index contributed by atoms with van der Waals surface area (Å²) in [6.07, 6.45) is 9.14. The van der Waals surface area contributed by atoms with Gasteiger partial charge in [-0.05, 0) is 0 Å². The fourth-order valence-electron chi connectivity index (χ4n) is 8.61. The number of allylic oxidation sites excluding steroid dienone is 4. The summed E-state index contributed by atoms with van der Waals surface area (Å²) < 4.78 is 3.58. The normalized spacial score (nSPS) is 14.5. The van der Waals surface area contributed by atoms with E-state index in [1.165, 1.54) is 66.8 Å². The van der Waals surface area contributed by atoms with Crippen molar-refractivity contribution in [3.8, 4) is 33.4 Å². The molecule has 0 amide bonds. The van der Waals surface area contributed by atoms with Crippen molar-refractivity contribution in [1.29, 1.82) is 0 Å². The minimum absolute atomic E-state index is 0.0390. The van der Waals surface area contributed by atoms with Crippen LogP contribution in [0.1, 0.15) is 85.0 Å². The minimum atomic E-state index is -2.90. The molecule has 2 aliphatic rings. The molecule has 0 spiro atoms. The molecule has 6 aromatic carbocycles. The van der Waals surface area contributed by atoms with Crippen LogP contribution in [0.2, 0.25) is 5.02 Å². The number of fused-ring (bicyclic) bond motifs is 3. The Morgan fingerprint density at radius 1 is 0.593 bits per heavy atom. The fourth-order valence-corrected chi connectivity index (χ4v) is 17.8. The fraction of sp³-hybridized carbons (Fsp3) is 0.212. The molecule has 0 saturated heterocycles. The Morgan fingerprint density at radius 3 is 1.52 bits per heavy atom. The molecule has 0 N–H and O–H groups in total. The predicted molar refractivity (Wildman–Crippen MR) is 230 cm³/mol. The second-order valence-corrected chi connectivity index (χ2v) is 24.0. The Morgan fingerprint density at radius 2 is 1.07 bits per heavy atom. The molecule has 0 radical (unpaired) electrons. The van der Waals surface area contributed by atoms with Crippen LogP contribution >= 0.6 is 11.6 Å². The first-order valence-corrected chi connectivity index (χ1v) is 23.6. The third-order valence-electron chi connectivity index (χ3n) is 11.2. The molecular formula is C52H49ClZr. The Balaban J connectivity index is 1.52. The van der Waals surface area contributed by atoms with E-state index in [-0.39, 0.29) is 10.8 Å². The van der Waals surface area contributed by atoms with Crippen LogP contribution in [-0.2, 0) is 38.5 Å². The van der Waals surface area contributed by atoms with Crippen LogP contribution in [0.4, 0.5) is 0 Å². The number of benzene rings is 6. The molecule has 0 atom stereocenters. The monoisotopic (exact) mass is 798 g/mol. The van der Waals surface area contributed by atoms with Gasteiger partial charge >= 0.3 is 338 Å². The molecular weight excluding hydrogens is 751 g/mol. The second-order valence-electron chi connectivity index (χ2n) is 17.0. The van der Waals surface area contributed by atoms with Crippen molar-refractivity contribution < 1.29 is 21.3 Å². The van der Waals surface area contributed by atoms with Crippen LogP contribution in [0.25, 0.3) is 33.4 Å².